The van der Waals surface area contributed by atoms with Gasteiger partial charge in [-0.25, -0.2) is 0 Å². The van der Waals surface area contributed by atoms with Gasteiger partial charge in [-0.3, -0.25) is 9.89 Å². The second kappa shape index (κ2) is 8.29. The number of aliphatic hydroxyl groups is 1. The Morgan fingerprint density at radius 2 is 2.32 bits per heavy atom. The molecule has 6 heteroatoms. The molecule has 1 aliphatic rings. The molecule has 0 aromatic carbocycles. The molecular formula is C16H28N4O2. The first-order chi connectivity index (χ1) is 10.6. The zero-order chi connectivity index (χ0) is 15.9. The van der Waals surface area contributed by atoms with Crippen LogP contribution in [-0.2, 0) is 11.2 Å². The van der Waals surface area contributed by atoms with Crippen LogP contribution in [0.15, 0.2) is 0 Å². The Labute approximate surface area is 132 Å². The average Bonchev–Trinajstić information content (AvgIpc) is 2.84. The topological polar surface area (TPSA) is 81.2 Å². The zero-order valence-corrected chi connectivity index (χ0v) is 13.7. The van der Waals surface area contributed by atoms with Gasteiger partial charge < -0.3 is 15.3 Å². The molecule has 1 saturated heterocycles. The van der Waals surface area contributed by atoms with E-state index in [0.29, 0.717) is 18.9 Å². The van der Waals surface area contributed by atoms with Crippen LogP contribution in [0.2, 0.25) is 0 Å². The molecule has 1 amide bonds. The summed E-state index contributed by atoms with van der Waals surface area (Å²) in [5.74, 6) is 0.493. The summed E-state index contributed by atoms with van der Waals surface area (Å²) in [6.45, 7) is 7.78. The number of aromatic nitrogens is 2. The maximum absolute atomic E-state index is 11.9. The van der Waals surface area contributed by atoms with Crippen LogP contribution in [0, 0.1) is 19.8 Å². The molecule has 2 heterocycles. The Balaban J connectivity index is 1.64. The van der Waals surface area contributed by atoms with Gasteiger partial charge in [-0.05, 0) is 51.1 Å². The molecule has 1 atom stereocenters. The Hall–Kier alpha value is -1.40. The van der Waals surface area contributed by atoms with Crippen molar-refractivity contribution in [1.82, 2.24) is 20.4 Å². The van der Waals surface area contributed by atoms with Crippen molar-refractivity contribution in [2.45, 2.75) is 39.5 Å². The van der Waals surface area contributed by atoms with Gasteiger partial charge in [0, 0.05) is 38.4 Å². The quantitative estimate of drug-likeness (QED) is 0.695. The van der Waals surface area contributed by atoms with Crippen LogP contribution in [0.1, 0.15) is 36.2 Å². The third-order valence-corrected chi connectivity index (χ3v) is 4.49. The number of likely N-dealkylation sites (tertiary alicyclic amines) is 1. The lowest BCUT2D eigenvalue weighted by Crippen LogP contribution is -2.41. The van der Waals surface area contributed by atoms with Gasteiger partial charge in [0.05, 0.1) is 5.69 Å². The number of aliphatic hydroxyl groups excluding tert-OH is 1. The molecule has 1 aliphatic heterocycles. The van der Waals surface area contributed by atoms with Crippen LogP contribution in [0.5, 0.6) is 0 Å². The third-order valence-electron chi connectivity index (χ3n) is 4.49. The molecule has 0 radical (unpaired) electrons. The highest BCUT2D eigenvalue weighted by Gasteiger charge is 2.18. The van der Waals surface area contributed by atoms with E-state index in [1.165, 1.54) is 0 Å². The molecule has 3 N–H and O–H groups in total. The van der Waals surface area contributed by atoms with Crippen molar-refractivity contribution in [3.05, 3.63) is 17.0 Å². The largest absolute Gasteiger partial charge is 0.396 e. The summed E-state index contributed by atoms with van der Waals surface area (Å²) < 4.78 is 0. The van der Waals surface area contributed by atoms with Gasteiger partial charge in [-0.15, -0.1) is 0 Å². The Morgan fingerprint density at radius 3 is 3.00 bits per heavy atom. The minimum Gasteiger partial charge on any atom is -0.396 e. The van der Waals surface area contributed by atoms with Crippen LogP contribution >= 0.6 is 0 Å². The molecule has 2 rings (SSSR count). The molecular weight excluding hydrogens is 280 g/mol. The van der Waals surface area contributed by atoms with Gasteiger partial charge in [-0.1, -0.05) is 0 Å². The highest BCUT2D eigenvalue weighted by molar-refractivity contribution is 5.76. The van der Waals surface area contributed by atoms with E-state index in [1.807, 2.05) is 13.8 Å². The molecule has 1 fully saturated rings. The molecule has 6 nitrogen and oxygen atoms in total. The van der Waals surface area contributed by atoms with Crippen LogP contribution in [-0.4, -0.2) is 58.9 Å². The average molecular weight is 308 g/mol. The molecule has 0 saturated carbocycles. The van der Waals surface area contributed by atoms with Crippen LogP contribution in [0.3, 0.4) is 0 Å². The number of carbonyl (C=O) groups is 1. The summed E-state index contributed by atoms with van der Waals surface area (Å²) in [4.78, 5) is 14.3. The maximum Gasteiger partial charge on any atom is 0.220 e. The number of carbonyl (C=O) groups excluding carboxylic acids is 1. The molecule has 0 aliphatic carbocycles. The van der Waals surface area contributed by atoms with E-state index in [4.69, 9.17) is 0 Å². The first-order valence-electron chi connectivity index (χ1n) is 8.20. The second-order valence-electron chi connectivity index (χ2n) is 6.25. The predicted octanol–water partition coefficient (Wildman–Crippen LogP) is 0.780. The van der Waals surface area contributed by atoms with E-state index in [-0.39, 0.29) is 12.5 Å². The van der Waals surface area contributed by atoms with Crippen molar-refractivity contribution in [3.63, 3.8) is 0 Å². The first kappa shape index (κ1) is 17.0. The molecule has 0 bridgehead atoms. The highest BCUT2D eigenvalue weighted by Crippen LogP contribution is 2.15. The number of nitrogens with zero attached hydrogens (tertiary/aromatic N) is 2. The number of nitrogens with one attached hydrogen (secondary N) is 2. The first-order valence-corrected chi connectivity index (χ1v) is 8.20. The van der Waals surface area contributed by atoms with E-state index in [2.05, 4.69) is 20.4 Å². The monoisotopic (exact) mass is 308 g/mol. The normalized spacial score (nSPS) is 19.3. The van der Waals surface area contributed by atoms with Crippen molar-refractivity contribution in [1.29, 1.82) is 0 Å². The molecule has 1 aromatic heterocycles. The number of aromatic amines is 1. The van der Waals surface area contributed by atoms with E-state index in [0.717, 1.165) is 55.8 Å². The SMILES string of the molecule is Cc1n[nH]c(C)c1CCC(=O)NCCN1CCC[C@H](CO)C1. The number of hydrogen-bond donors (Lipinski definition) is 3. The lowest BCUT2D eigenvalue weighted by atomic mass is 9.99. The summed E-state index contributed by atoms with van der Waals surface area (Å²) in [5.41, 5.74) is 3.18. The van der Waals surface area contributed by atoms with Gasteiger partial charge in [0.25, 0.3) is 0 Å². The fourth-order valence-corrected chi connectivity index (χ4v) is 3.13. The van der Waals surface area contributed by atoms with Gasteiger partial charge in [0.1, 0.15) is 0 Å². The van der Waals surface area contributed by atoms with Crippen molar-refractivity contribution >= 4 is 5.91 Å². The van der Waals surface area contributed by atoms with E-state index in [9.17, 15) is 9.90 Å². The molecule has 124 valence electrons. The van der Waals surface area contributed by atoms with Gasteiger partial charge in [-0.2, -0.15) is 5.10 Å². The molecule has 0 spiro atoms. The summed E-state index contributed by atoms with van der Waals surface area (Å²) >= 11 is 0. The zero-order valence-electron chi connectivity index (χ0n) is 13.7. The van der Waals surface area contributed by atoms with E-state index < -0.39 is 0 Å². The predicted molar refractivity (Wildman–Crippen MR) is 85.6 cm³/mol. The summed E-state index contributed by atoms with van der Waals surface area (Å²) in [6, 6.07) is 0. The van der Waals surface area contributed by atoms with E-state index in [1.54, 1.807) is 0 Å². The lowest BCUT2D eigenvalue weighted by Gasteiger charge is -2.31. The lowest BCUT2D eigenvalue weighted by molar-refractivity contribution is -0.121. The number of piperidine rings is 1. The number of hydrogen-bond acceptors (Lipinski definition) is 4. The minimum atomic E-state index is 0.0933. The van der Waals surface area contributed by atoms with Crippen LogP contribution < -0.4 is 5.32 Å². The summed E-state index contributed by atoms with van der Waals surface area (Å²) in [7, 11) is 0. The molecule has 0 unspecified atom stereocenters. The van der Waals surface area contributed by atoms with E-state index >= 15 is 0 Å². The Morgan fingerprint density at radius 1 is 1.50 bits per heavy atom. The number of H-pyrrole nitrogens is 1. The molecule has 1 aromatic rings. The number of rotatable bonds is 7. The maximum atomic E-state index is 11.9. The second-order valence-corrected chi connectivity index (χ2v) is 6.25. The highest BCUT2D eigenvalue weighted by atomic mass is 16.3. The molecule has 22 heavy (non-hydrogen) atoms. The van der Waals surface area contributed by atoms with Crippen molar-refractivity contribution in [2.24, 2.45) is 5.92 Å². The van der Waals surface area contributed by atoms with Crippen molar-refractivity contribution in [3.8, 4) is 0 Å². The number of amides is 1. The minimum absolute atomic E-state index is 0.0933. The van der Waals surface area contributed by atoms with Gasteiger partial charge in [0.2, 0.25) is 5.91 Å². The standard InChI is InChI=1S/C16H28N4O2/c1-12-15(13(2)19-18-12)5-6-16(22)17-7-9-20-8-3-4-14(10-20)11-21/h14,21H,3-11H2,1-2H3,(H,17,22)(H,18,19)/t14-/m0/s1. The third kappa shape index (κ3) is 4.81. The fraction of sp³-hybridized carbons (Fsp3) is 0.750. The Kier molecular flexibility index (Phi) is 6.39. The van der Waals surface area contributed by atoms with Gasteiger partial charge >= 0.3 is 0 Å². The van der Waals surface area contributed by atoms with Gasteiger partial charge in [0.15, 0.2) is 0 Å². The summed E-state index contributed by atoms with van der Waals surface area (Å²) in [5, 5.41) is 19.3. The van der Waals surface area contributed by atoms with Crippen molar-refractivity contribution < 1.29 is 9.90 Å². The van der Waals surface area contributed by atoms with Crippen molar-refractivity contribution in [2.75, 3.05) is 32.8 Å². The van der Waals surface area contributed by atoms with Crippen LogP contribution in [0.4, 0.5) is 0 Å². The smallest absolute Gasteiger partial charge is 0.220 e. The fourth-order valence-electron chi connectivity index (χ4n) is 3.13. The van der Waals surface area contributed by atoms with Crippen LogP contribution in [0.25, 0.3) is 0 Å². The number of aryl methyl sites for hydroxylation is 2. The summed E-state index contributed by atoms with van der Waals surface area (Å²) in [6.07, 6.45) is 3.48. The Bertz CT molecular complexity index is 467.